The smallest absolute Gasteiger partial charge is 0.408 e. The molecule has 0 amide bonds. The molecule has 1 aliphatic rings. The van der Waals surface area contributed by atoms with Crippen molar-refractivity contribution in [3.63, 3.8) is 0 Å². The van der Waals surface area contributed by atoms with Gasteiger partial charge in [0.2, 0.25) is 0 Å². The van der Waals surface area contributed by atoms with E-state index in [2.05, 4.69) is 5.32 Å². The monoisotopic (exact) mass is 276 g/mol. The maximum Gasteiger partial charge on any atom is 0.419 e. The Balaban J connectivity index is 1.96. The minimum atomic E-state index is -0.554. The second-order valence-corrected chi connectivity index (χ2v) is 5.39. The van der Waals surface area contributed by atoms with E-state index in [-0.39, 0.29) is 11.8 Å². The van der Waals surface area contributed by atoms with E-state index in [1.54, 1.807) is 10.6 Å². The zero-order valence-electron chi connectivity index (χ0n) is 11.6. The molecule has 0 spiro atoms. The van der Waals surface area contributed by atoms with Crippen molar-refractivity contribution in [1.82, 2.24) is 9.88 Å². The first-order valence-corrected chi connectivity index (χ1v) is 7.25. The molecule has 5 heteroatoms. The summed E-state index contributed by atoms with van der Waals surface area (Å²) in [7, 11) is 0. The molecule has 0 saturated carbocycles. The van der Waals surface area contributed by atoms with Gasteiger partial charge < -0.3 is 14.8 Å². The molecule has 0 bridgehead atoms. The molecule has 108 valence electrons. The first-order valence-electron chi connectivity index (χ1n) is 7.25. The van der Waals surface area contributed by atoms with Crippen LogP contribution in [0, 0.1) is 0 Å². The topological polar surface area (TPSA) is 67.4 Å². The molecule has 1 aliphatic heterocycles. The summed E-state index contributed by atoms with van der Waals surface area (Å²) in [6.07, 6.45) is 2.39. The van der Waals surface area contributed by atoms with Gasteiger partial charge >= 0.3 is 5.76 Å². The van der Waals surface area contributed by atoms with Crippen LogP contribution in [-0.2, 0) is 6.54 Å². The Labute approximate surface area is 117 Å². The van der Waals surface area contributed by atoms with Crippen molar-refractivity contribution in [1.29, 1.82) is 0 Å². The predicted molar refractivity (Wildman–Crippen MR) is 76.7 cm³/mol. The van der Waals surface area contributed by atoms with E-state index in [0.29, 0.717) is 12.1 Å². The number of aliphatic hydroxyl groups excluding tert-OH is 1. The number of aryl methyl sites for hydroxylation is 1. The van der Waals surface area contributed by atoms with Crippen LogP contribution in [0.15, 0.2) is 27.4 Å². The third-order valence-electron chi connectivity index (χ3n) is 3.96. The number of nitrogens with zero attached hydrogens (tertiary/aromatic N) is 1. The summed E-state index contributed by atoms with van der Waals surface area (Å²) in [5.74, 6) is -0.326. The van der Waals surface area contributed by atoms with Crippen LogP contribution in [0.1, 0.15) is 37.9 Å². The molecule has 3 rings (SSSR count). The predicted octanol–water partition coefficient (Wildman–Crippen LogP) is 1.79. The van der Waals surface area contributed by atoms with Gasteiger partial charge in [-0.15, -0.1) is 0 Å². The van der Waals surface area contributed by atoms with Gasteiger partial charge in [-0.1, -0.05) is 13.0 Å². The first-order chi connectivity index (χ1) is 9.70. The summed E-state index contributed by atoms with van der Waals surface area (Å²) in [4.78, 5) is 11.8. The normalized spacial score (nSPS) is 20.6. The lowest BCUT2D eigenvalue weighted by molar-refractivity contribution is 0.137. The van der Waals surface area contributed by atoms with Gasteiger partial charge in [-0.05, 0) is 43.5 Å². The summed E-state index contributed by atoms with van der Waals surface area (Å²) >= 11 is 0. The molecule has 2 heterocycles. The number of hydrogen-bond donors (Lipinski definition) is 2. The van der Waals surface area contributed by atoms with Crippen molar-refractivity contribution in [2.45, 2.75) is 44.9 Å². The molecule has 0 aliphatic carbocycles. The van der Waals surface area contributed by atoms with Gasteiger partial charge in [0, 0.05) is 12.6 Å². The number of benzene rings is 1. The SMILES string of the molecule is CCCn1c(=O)oc2cc(C(O)C3CCCN3)ccc21. The zero-order valence-corrected chi connectivity index (χ0v) is 11.6. The Kier molecular flexibility index (Phi) is 3.63. The maximum absolute atomic E-state index is 11.8. The maximum atomic E-state index is 11.8. The fraction of sp³-hybridized carbons (Fsp3) is 0.533. The number of nitrogens with one attached hydrogen (secondary N) is 1. The van der Waals surface area contributed by atoms with Crippen LogP contribution in [0.4, 0.5) is 0 Å². The Morgan fingerprint density at radius 2 is 2.40 bits per heavy atom. The third kappa shape index (κ3) is 2.27. The van der Waals surface area contributed by atoms with Crippen molar-refractivity contribution in [2.24, 2.45) is 0 Å². The van der Waals surface area contributed by atoms with Crippen LogP contribution in [0.2, 0.25) is 0 Å². The lowest BCUT2D eigenvalue weighted by Crippen LogP contribution is -2.28. The average molecular weight is 276 g/mol. The first kappa shape index (κ1) is 13.4. The molecule has 1 saturated heterocycles. The number of oxazole rings is 1. The summed E-state index contributed by atoms with van der Waals surface area (Å²) in [6.45, 7) is 3.62. The minimum absolute atomic E-state index is 0.0944. The molecular formula is C15H20N2O3. The summed E-state index contributed by atoms with van der Waals surface area (Å²) in [5.41, 5.74) is 2.15. The van der Waals surface area contributed by atoms with E-state index in [9.17, 15) is 9.90 Å². The molecule has 1 fully saturated rings. The minimum Gasteiger partial charge on any atom is -0.408 e. The highest BCUT2D eigenvalue weighted by molar-refractivity contribution is 5.73. The highest BCUT2D eigenvalue weighted by atomic mass is 16.4. The van der Waals surface area contributed by atoms with Gasteiger partial charge in [0.05, 0.1) is 11.6 Å². The molecule has 5 nitrogen and oxygen atoms in total. The van der Waals surface area contributed by atoms with Gasteiger partial charge in [-0.25, -0.2) is 4.79 Å². The lowest BCUT2D eigenvalue weighted by atomic mass is 10.0. The van der Waals surface area contributed by atoms with Crippen molar-refractivity contribution in [3.05, 3.63) is 34.3 Å². The van der Waals surface area contributed by atoms with Gasteiger partial charge in [-0.2, -0.15) is 0 Å². The van der Waals surface area contributed by atoms with Crippen LogP contribution < -0.4 is 11.1 Å². The molecule has 2 unspecified atom stereocenters. The molecule has 20 heavy (non-hydrogen) atoms. The van der Waals surface area contributed by atoms with Crippen LogP contribution in [0.3, 0.4) is 0 Å². The molecule has 1 aromatic carbocycles. The van der Waals surface area contributed by atoms with Crippen LogP contribution in [0.5, 0.6) is 0 Å². The van der Waals surface area contributed by atoms with Crippen molar-refractivity contribution >= 4 is 11.1 Å². The van der Waals surface area contributed by atoms with E-state index in [0.717, 1.165) is 36.9 Å². The Morgan fingerprint density at radius 1 is 1.55 bits per heavy atom. The Hall–Kier alpha value is -1.59. The van der Waals surface area contributed by atoms with Crippen LogP contribution in [-0.4, -0.2) is 22.3 Å². The number of aromatic nitrogens is 1. The molecular weight excluding hydrogens is 256 g/mol. The Bertz CT molecular complexity index is 653. The molecule has 2 N–H and O–H groups in total. The standard InChI is InChI=1S/C15H20N2O3/c1-2-8-17-12-6-5-10(9-13(12)20-15(17)19)14(18)11-4-3-7-16-11/h5-6,9,11,14,16,18H,2-4,7-8H2,1H3. The number of aliphatic hydroxyl groups is 1. The molecule has 2 atom stereocenters. The number of fused-ring (bicyclic) bond motifs is 1. The molecule has 1 aromatic heterocycles. The van der Waals surface area contributed by atoms with Crippen LogP contribution in [0.25, 0.3) is 11.1 Å². The summed E-state index contributed by atoms with van der Waals surface area (Å²) < 4.78 is 6.92. The fourth-order valence-corrected chi connectivity index (χ4v) is 2.92. The highest BCUT2D eigenvalue weighted by Gasteiger charge is 2.24. The van der Waals surface area contributed by atoms with Gasteiger partial charge in [-0.3, -0.25) is 4.57 Å². The molecule has 0 radical (unpaired) electrons. The fourth-order valence-electron chi connectivity index (χ4n) is 2.92. The summed E-state index contributed by atoms with van der Waals surface area (Å²) in [6, 6.07) is 5.63. The van der Waals surface area contributed by atoms with Crippen molar-refractivity contribution < 1.29 is 9.52 Å². The van der Waals surface area contributed by atoms with Gasteiger partial charge in [0.15, 0.2) is 5.58 Å². The number of hydrogen-bond acceptors (Lipinski definition) is 4. The van der Waals surface area contributed by atoms with Gasteiger partial charge in [0.1, 0.15) is 0 Å². The quantitative estimate of drug-likeness (QED) is 0.893. The largest absolute Gasteiger partial charge is 0.419 e. The highest BCUT2D eigenvalue weighted by Crippen LogP contribution is 2.25. The number of rotatable bonds is 4. The van der Waals surface area contributed by atoms with E-state index < -0.39 is 6.10 Å². The van der Waals surface area contributed by atoms with Crippen molar-refractivity contribution in [2.75, 3.05) is 6.54 Å². The van der Waals surface area contributed by atoms with E-state index in [4.69, 9.17) is 4.42 Å². The Morgan fingerprint density at radius 3 is 3.10 bits per heavy atom. The third-order valence-corrected chi connectivity index (χ3v) is 3.96. The second kappa shape index (κ2) is 5.42. The van der Waals surface area contributed by atoms with Gasteiger partial charge in [0.25, 0.3) is 0 Å². The second-order valence-electron chi connectivity index (χ2n) is 5.39. The lowest BCUT2D eigenvalue weighted by Gasteiger charge is -2.18. The zero-order chi connectivity index (χ0) is 14.1. The molecule has 2 aromatic rings. The van der Waals surface area contributed by atoms with E-state index in [1.165, 1.54) is 0 Å². The van der Waals surface area contributed by atoms with E-state index >= 15 is 0 Å². The summed E-state index contributed by atoms with van der Waals surface area (Å²) in [5, 5.41) is 13.7. The van der Waals surface area contributed by atoms with E-state index in [1.807, 2.05) is 19.1 Å². The average Bonchev–Trinajstić information content (AvgIpc) is 3.07. The van der Waals surface area contributed by atoms with Crippen LogP contribution >= 0.6 is 0 Å². The van der Waals surface area contributed by atoms with Crippen molar-refractivity contribution in [3.8, 4) is 0 Å².